The Morgan fingerprint density at radius 2 is 1.73 bits per heavy atom. The first kappa shape index (κ1) is 24.6. The molecule has 0 radical (unpaired) electrons. The van der Waals surface area contributed by atoms with Crippen LogP contribution in [0.2, 0.25) is 0 Å². The number of nitrogens with zero attached hydrogens (tertiary/aromatic N) is 6. The molecule has 0 aliphatic heterocycles. The first-order valence-corrected chi connectivity index (χ1v) is 12.8. The minimum atomic E-state index is -4.06. The zero-order valence-electron chi connectivity index (χ0n) is 20.8. The summed E-state index contributed by atoms with van der Waals surface area (Å²) in [6, 6.07) is 9.13. The molecular weight excluding hydrogens is 498 g/mol. The molecule has 37 heavy (non-hydrogen) atoms. The Morgan fingerprint density at radius 1 is 0.973 bits per heavy atom. The Bertz CT molecular complexity index is 1720. The number of ether oxygens (including phenoxy) is 3. The van der Waals surface area contributed by atoms with E-state index in [9.17, 15) is 8.42 Å². The first-order valence-electron chi connectivity index (χ1n) is 11.3. The fourth-order valence-electron chi connectivity index (χ4n) is 4.23. The average molecular weight is 524 g/mol. The van der Waals surface area contributed by atoms with Crippen molar-refractivity contribution in [3.05, 3.63) is 54.1 Å². The van der Waals surface area contributed by atoms with Crippen LogP contribution in [0.5, 0.6) is 11.6 Å². The molecule has 13 heteroatoms. The van der Waals surface area contributed by atoms with Gasteiger partial charge in [0.2, 0.25) is 21.9 Å². The van der Waals surface area contributed by atoms with Crippen molar-refractivity contribution >= 4 is 43.4 Å². The molecular formula is C24H25N7O5S. The predicted octanol–water partition coefficient (Wildman–Crippen LogP) is 3.06. The molecule has 0 saturated heterocycles. The smallest absolute Gasteiger partial charge is 0.243 e. The van der Waals surface area contributed by atoms with Gasteiger partial charge in [0, 0.05) is 36.3 Å². The molecule has 5 aromatic rings. The van der Waals surface area contributed by atoms with E-state index in [1.165, 1.54) is 28.3 Å². The summed E-state index contributed by atoms with van der Waals surface area (Å²) < 4.78 is 47.7. The number of nitrogens with one attached hydrogen (secondary N) is 1. The summed E-state index contributed by atoms with van der Waals surface area (Å²) in [6.45, 7) is 3.36. The summed E-state index contributed by atoms with van der Waals surface area (Å²) in [4.78, 5) is 13.1. The highest BCUT2D eigenvalue weighted by Crippen LogP contribution is 2.36. The summed E-state index contributed by atoms with van der Waals surface area (Å²) >= 11 is 0. The predicted molar refractivity (Wildman–Crippen MR) is 137 cm³/mol. The minimum Gasteiger partial charge on any atom is -0.495 e. The number of hydrogen-bond acceptors (Lipinski definition) is 10. The highest BCUT2D eigenvalue weighted by Gasteiger charge is 2.34. The number of rotatable bonds is 8. The molecule has 192 valence electrons. The van der Waals surface area contributed by atoms with E-state index in [0.29, 0.717) is 28.3 Å². The van der Waals surface area contributed by atoms with Gasteiger partial charge in [-0.1, -0.05) is 12.1 Å². The van der Waals surface area contributed by atoms with Crippen molar-refractivity contribution in [2.45, 2.75) is 25.2 Å². The second kappa shape index (κ2) is 9.41. The Morgan fingerprint density at radius 3 is 2.41 bits per heavy atom. The van der Waals surface area contributed by atoms with Crippen LogP contribution in [-0.2, 0) is 14.8 Å². The van der Waals surface area contributed by atoms with E-state index >= 15 is 0 Å². The molecule has 0 unspecified atom stereocenters. The van der Waals surface area contributed by atoms with Gasteiger partial charge < -0.3 is 14.2 Å². The fraction of sp³-hybridized carbons (Fsp3) is 0.292. The van der Waals surface area contributed by atoms with Crippen molar-refractivity contribution in [2.75, 3.05) is 26.1 Å². The van der Waals surface area contributed by atoms with Gasteiger partial charge in [-0.2, -0.15) is 0 Å². The molecule has 0 bridgehead atoms. The Labute approximate surface area is 212 Å². The van der Waals surface area contributed by atoms with Crippen LogP contribution in [0.1, 0.15) is 24.4 Å². The second-order valence-electron chi connectivity index (χ2n) is 8.42. The fourth-order valence-corrected chi connectivity index (χ4v) is 5.36. The SMILES string of the molecule is COc1ccc2c3cccc(OC)c3n3c(NS(=O)(=O)[C@@H](C)[C@H](OC)c4ncc(C)cn4)nnc3c2n1. The molecule has 4 heterocycles. The standard InChI is InChI=1S/C24H25N7O5S/c1-13-11-25-22(26-12-13)21(36-5)14(2)37(32,33)30-24-29-28-23-19-15(9-10-18(27-19)35-4)16-7-6-8-17(34-3)20(16)31(23)24/h6-12,14,21H,1-5H3,(H,29,30)/t14-,21-/m0/s1. The lowest BCUT2D eigenvalue weighted by Gasteiger charge is -2.22. The van der Waals surface area contributed by atoms with E-state index in [1.807, 2.05) is 25.1 Å². The normalized spacial score (nSPS) is 13.6. The quantitative estimate of drug-likeness (QED) is 0.301. The number of methoxy groups -OCH3 is 3. The lowest BCUT2D eigenvalue weighted by atomic mass is 10.1. The van der Waals surface area contributed by atoms with Crippen LogP contribution < -0.4 is 14.2 Å². The van der Waals surface area contributed by atoms with Crippen LogP contribution in [0.25, 0.3) is 27.5 Å². The zero-order chi connectivity index (χ0) is 26.3. The average Bonchev–Trinajstić information content (AvgIpc) is 3.32. The molecule has 4 aromatic heterocycles. The van der Waals surface area contributed by atoms with Crippen molar-refractivity contribution in [2.24, 2.45) is 0 Å². The topological polar surface area (TPSA) is 143 Å². The monoisotopic (exact) mass is 523 g/mol. The number of anilines is 1. The highest BCUT2D eigenvalue weighted by molar-refractivity contribution is 7.93. The van der Waals surface area contributed by atoms with Gasteiger partial charge in [0.05, 0.1) is 14.2 Å². The number of aryl methyl sites for hydroxylation is 1. The van der Waals surface area contributed by atoms with Crippen LogP contribution in [-0.4, -0.2) is 64.5 Å². The van der Waals surface area contributed by atoms with E-state index in [1.54, 1.807) is 28.9 Å². The van der Waals surface area contributed by atoms with Crippen molar-refractivity contribution in [1.29, 1.82) is 0 Å². The zero-order valence-corrected chi connectivity index (χ0v) is 21.6. The van der Waals surface area contributed by atoms with Crippen molar-refractivity contribution in [3.8, 4) is 11.6 Å². The van der Waals surface area contributed by atoms with Gasteiger partial charge in [0.25, 0.3) is 0 Å². The maximum Gasteiger partial charge on any atom is 0.243 e. The van der Waals surface area contributed by atoms with Crippen molar-refractivity contribution < 1.29 is 22.6 Å². The molecule has 0 aliphatic rings. The molecule has 5 rings (SSSR count). The van der Waals surface area contributed by atoms with Gasteiger partial charge >= 0.3 is 0 Å². The summed E-state index contributed by atoms with van der Waals surface area (Å²) in [5.74, 6) is 1.13. The summed E-state index contributed by atoms with van der Waals surface area (Å²) in [5.41, 5.74) is 2.26. The molecule has 1 aromatic carbocycles. The van der Waals surface area contributed by atoms with Crippen molar-refractivity contribution in [3.63, 3.8) is 0 Å². The summed E-state index contributed by atoms with van der Waals surface area (Å²) in [7, 11) is 0.408. The third kappa shape index (κ3) is 4.15. The molecule has 12 nitrogen and oxygen atoms in total. The minimum absolute atomic E-state index is 0.0254. The molecule has 0 amide bonds. The summed E-state index contributed by atoms with van der Waals surface area (Å²) in [6.07, 6.45) is 2.30. The third-order valence-electron chi connectivity index (χ3n) is 6.15. The Hall–Kier alpha value is -4.10. The summed E-state index contributed by atoms with van der Waals surface area (Å²) in [5, 5.41) is 8.95. The Kier molecular flexibility index (Phi) is 6.25. The van der Waals surface area contributed by atoms with Gasteiger partial charge in [0.1, 0.15) is 28.1 Å². The molecule has 0 aliphatic carbocycles. The van der Waals surface area contributed by atoms with Crippen LogP contribution in [0.3, 0.4) is 0 Å². The van der Waals surface area contributed by atoms with E-state index in [4.69, 9.17) is 14.2 Å². The molecule has 0 fully saturated rings. The number of fused-ring (bicyclic) bond motifs is 6. The van der Waals surface area contributed by atoms with Gasteiger partial charge in [-0.25, -0.2) is 23.4 Å². The molecule has 1 N–H and O–H groups in total. The van der Waals surface area contributed by atoms with Gasteiger partial charge in [-0.3, -0.25) is 9.12 Å². The number of benzene rings is 1. The van der Waals surface area contributed by atoms with Gasteiger partial charge in [0.15, 0.2) is 11.5 Å². The second-order valence-corrected chi connectivity index (χ2v) is 10.5. The number of sulfonamides is 1. The molecule has 0 spiro atoms. The van der Waals surface area contributed by atoms with Crippen LogP contribution in [0.4, 0.5) is 5.95 Å². The van der Waals surface area contributed by atoms with E-state index in [2.05, 4.69) is 29.9 Å². The largest absolute Gasteiger partial charge is 0.495 e. The number of hydrogen-bond donors (Lipinski definition) is 1. The number of pyridine rings is 2. The first-order chi connectivity index (χ1) is 17.8. The van der Waals surface area contributed by atoms with Crippen LogP contribution in [0, 0.1) is 6.92 Å². The third-order valence-corrected chi connectivity index (χ3v) is 7.84. The van der Waals surface area contributed by atoms with Crippen LogP contribution >= 0.6 is 0 Å². The van der Waals surface area contributed by atoms with E-state index in [-0.39, 0.29) is 11.8 Å². The van der Waals surface area contributed by atoms with Gasteiger partial charge in [-0.15, -0.1) is 10.2 Å². The highest BCUT2D eigenvalue weighted by atomic mass is 32.2. The van der Waals surface area contributed by atoms with E-state index in [0.717, 1.165) is 16.3 Å². The Balaban J connectivity index is 1.68. The van der Waals surface area contributed by atoms with Gasteiger partial charge in [-0.05, 0) is 31.5 Å². The number of aromatic nitrogens is 6. The molecule has 0 saturated carbocycles. The van der Waals surface area contributed by atoms with Crippen molar-refractivity contribution in [1.82, 2.24) is 29.5 Å². The lowest BCUT2D eigenvalue weighted by Crippen LogP contribution is -2.33. The maximum atomic E-state index is 13.5. The maximum absolute atomic E-state index is 13.5. The molecule has 2 atom stereocenters. The van der Waals surface area contributed by atoms with E-state index < -0.39 is 21.4 Å². The van der Waals surface area contributed by atoms with Crippen LogP contribution in [0.15, 0.2) is 42.7 Å². The number of para-hydroxylation sites is 1. The lowest BCUT2D eigenvalue weighted by molar-refractivity contribution is 0.0949.